The Labute approximate surface area is 137 Å². The van der Waals surface area contributed by atoms with Crippen LogP contribution in [0.1, 0.15) is 44.0 Å². The first-order chi connectivity index (χ1) is 10.4. The number of hydrogen-bond donors (Lipinski definition) is 0. The van der Waals surface area contributed by atoms with Gasteiger partial charge < -0.3 is 9.30 Å². The Morgan fingerprint density at radius 3 is 2.64 bits per heavy atom. The van der Waals surface area contributed by atoms with E-state index in [1.165, 1.54) is 11.1 Å². The smallest absolute Gasteiger partial charge is 0.200 e. The Bertz CT molecular complexity index is 689. The zero-order chi connectivity index (χ0) is 16.3. The molecule has 2 atom stereocenters. The molecule has 2 unspecified atom stereocenters. The van der Waals surface area contributed by atoms with E-state index in [9.17, 15) is 0 Å². The topological polar surface area (TPSA) is 32.0 Å². The van der Waals surface area contributed by atoms with Gasteiger partial charge in [-0.15, -0.1) is 0 Å². The number of nitrogens with zero attached hydrogens (tertiary/aromatic N) is 3. The average molecular weight is 319 g/mol. The van der Waals surface area contributed by atoms with Gasteiger partial charge in [-0.3, -0.25) is 0 Å². The van der Waals surface area contributed by atoms with Gasteiger partial charge in [0.05, 0.1) is 0 Å². The van der Waals surface area contributed by atoms with Crippen LogP contribution in [0.2, 0.25) is 0 Å². The summed E-state index contributed by atoms with van der Waals surface area (Å²) >= 11 is 5.45. The lowest BCUT2D eigenvalue weighted by Gasteiger charge is -2.23. The molecule has 0 aliphatic rings. The van der Waals surface area contributed by atoms with E-state index in [1.54, 1.807) is 6.33 Å². The highest BCUT2D eigenvalue weighted by Crippen LogP contribution is 2.28. The van der Waals surface area contributed by atoms with Gasteiger partial charge in [0.15, 0.2) is 6.23 Å². The highest BCUT2D eigenvalue weighted by Gasteiger charge is 2.19. The number of aryl methyl sites for hydroxylation is 2. The molecule has 1 heterocycles. The van der Waals surface area contributed by atoms with Crippen molar-refractivity contribution >= 4 is 12.2 Å². The predicted molar refractivity (Wildman–Crippen MR) is 91.7 cm³/mol. The molecular weight excluding hydrogens is 294 g/mol. The van der Waals surface area contributed by atoms with Crippen LogP contribution in [0.15, 0.2) is 24.5 Å². The van der Waals surface area contributed by atoms with Crippen LogP contribution < -0.4 is 4.74 Å². The number of aromatic nitrogens is 3. The summed E-state index contributed by atoms with van der Waals surface area (Å²) < 4.78 is 10.6. The molecule has 0 saturated carbocycles. The molecule has 4 nitrogen and oxygen atoms in total. The van der Waals surface area contributed by atoms with Crippen LogP contribution in [-0.4, -0.2) is 14.3 Å². The number of benzene rings is 1. The Morgan fingerprint density at radius 1 is 1.32 bits per heavy atom. The van der Waals surface area contributed by atoms with Crippen molar-refractivity contribution < 1.29 is 4.74 Å². The Hall–Kier alpha value is -1.62. The maximum Gasteiger partial charge on any atom is 0.200 e. The molecular formula is C17H25N3OS. The van der Waals surface area contributed by atoms with E-state index < -0.39 is 0 Å². The summed E-state index contributed by atoms with van der Waals surface area (Å²) in [7, 11) is 1.91. The van der Waals surface area contributed by atoms with Crippen molar-refractivity contribution in [2.45, 2.75) is 46.8 Å². The maximum absolute atomic E-state index is 6.30. The molecule has 0 aliphatic heterocycles. The largest absolute Gasteiger partial charge is 0.468 e. The van der Waals surface area contributed by atoms with E-state index >= 15 is 0 Å². The third-order valence-corrected chi connectivity index (χ3v) is 4.71. The lowest BCUT2D eigenvalue weighted by atomic mass is 10.0. The van der Waals surface area contributed by atoms with Crippen LogP contribution in [0.5, 0.6) is 5.75 Å². The zero-order valence-corrected chi connectivity index (χ0v) is 14.9. The van der Waals surface area contributed by atoms with Gasteiger partial charge in [0.1, 0.15) is 12.1 Å². The monoisotopic (exact) mass is 319 g/mol. The zero-order valence-electron chi connectivity index (χ0n) is 14.0. The summed E-state index contributed by atoms with van der Waals surface area (Å²) in [5.74, 6) is 1.44. The van der Waals surface area contributed by atoms with Crippen LogP contribution in [-0.2, 0) is 7.05 Å². The molecule has 120 valence electrons. The van der Waals surface area contributed by atoms with Gasteiger partial charge in [0, 0.05) is 13.5 Å². The van der Waals surface area contributed by atoms with Crippen LogP contribution in [0, 0.1) is 24.5 Å². The van der Waals surface area contributed by atoms with Crippen molar-refractivity contribution in [3.05, 3.63) is 40.4 Å². The molecule has 0 bridgehead atoms. The third kappa shape index (κ3) is 3.58. The SMILES string of the molecule is CCC(C)CC(Oc1cccc(C)c1C)n1ncn(C)c1=S. The molecule has 0 aliphatic carbocycles. The number of ether oxygens (including phenoxy) is 1. The summed E-state index contributed by atoms with van der Waals surface area (Å²) in [6.07, 6.45) is 3.55. The van der Waals surface area contributed by atoms with Crippen LogP contribution >= 0.6 is 12.2 Å². The Kier molecular flexibility index (Phi) is 5.40. The minimum atomic E-state index is -0.177. The first-order valence-corrected chi connectivity index (χ1v) is 8.17. The molecule has 0 N–H and O–H groups in total. The van der Waals surface area contributed by atoms with Crippen molar-refractivity contribution in [1.82, 2.24) is 14.3 Å². The van der Waals surface area contributed by atoms with Gasteiger partial charge in [-0.2, -0.15) is 9.78 Å². The lowest BCUT2D eigenvalue weighted by Crippen LogP contribution is -2.21. The normalized spacial score (nSPS) is 13.9. The molecule has 22 heavy (non-hydrogen) atoms. The van der Waals surface area contributed by atoms with Crippen LogP contribution in [0.4, 0.5) is 0 Å². The van der Waals surface area contributed by atoms with E-state index in [2.05, 4.69) is 38.9 Å². The summed E-state index contributed by atoms with van der Waals surface area (Å²) in [4.78, 5) is 0. The van der Waals surface area contributed by atoms with E-state index in [1.807, 2.05) is 28.4 Å². The Morgan fingerprint density at radius 2 is 2.05 bits per heavy atom. The first kappa shape index (κ1) is 16.7. The van der Waals surface area contributed by atoms with Gasteiger partial charge >= 0.3 is 0 Å². The second-order valence-corrected chi connectivity index (χ2v) is 6.35. The maximum atomic E-state index is 6.30. The van der Waals surface area contributed by atoms with Gasteiger partial charge in [-0.1, -0.05) is 32.4 Å². The minimum absolute atomic E-state index is 0.177. The highest BCUT2D eigenvalue weighted by atomic mass is 32.1. The van der Waals surface area contributed by atoms with Crippen molar-refractivity contribution in [1.29, 1.82) is 0 Å². The van der Waals surface area contributed by atoms with Crippen molar-refractivity contribution in [2.24, 2.45) is 13.0 Å². The van der Waals surface area contributed by atoms with Crippen LogP contribution in [0.25, 0.3) is 0 Å². The van der Waals surface area contributed by atoms with E-state index in [0.29, 0.717) is 10.7 Å². The molecule has 1 aromatic heterocycles. The number of rotatable bonds is 6. The van der Waals surface area contributed by atoms with E-state index in [0.717, 1.165) is 18.6 Å². The first-order valence-electron chi connectivity index (χ1n) is 7.77. The van der Waals surface area contributed by atoms with Gasteiger partial charge in [-0.05, 0) is 49.2 Å². The summed E-state index contributed by atoms with van der Waals surface area (Å²) in [6.45, 7) is 8.60. The van der Waals surface area contributed by atoms with Crippen LogP contribution in [0.3, 0.4) is 0 Å². The molecule has 2 rings (SSSR count). The molecule has 0 saturated heterocycles. The summed E-state index contributed by atoms with van der Waals surface area (Å²) in [5.41, 5.74) is 2.39. The fraction of sp³-hybridized carbons (Fsp3) is 0.529. The number of hydrogen-bond acceptors (Lipinski definition) is 3. The summed E-state index contributed by atoms with van der Waals surface area (Å²) in [6, 6.07) is 6.13. The molecule has 0 fully saturated rings. The molecule has 2 aromatic rings. The van der Waals surface area contributed by atoms with Gasteiger partial charge in [0.25, 0.3) is 0 Å². The fourth-order valence-electron chi connectivity index (χ4n) is 2.30. The standard InChI is InChI=1S/C17H25N3OS/c1-6-12(2)10-16(20-17(22)19(5)11-18-20)21-15-9-7-8-13(3)14(15)4/h7-9,11-12,16H,6,10H2,1-5H3. The molecule has 5 heteroatoms. The van der Waals surface area contributed by atoms with Crippen molar-refractivity contribution in [2.75, 3.05) is 0 Å². The predicted octanol–water partition coefficient (Wildman–Crippen LogP) is 4.58. The molecule has 0 amide bonds. The lowest BCUT2D eigenvalue weighted by molar-refractivity contribution is 0.0881. The third-order valence-electron chi connectivity index (χ3n) is 4.24. The van der Waals surface area contributed by atoms with Gasteiger partial charge in [0.2, 0.25) is 4.77 Å². The second-order valence-electron chi connectivity index (χ2n) is 5.99. The fourth-order valence-corrected chi connectivity index (χ4v) is 2.51. The second kappa shape index (κ2) is 7.09. The summed E-state index contributed by atoms with van der Waals surface area (Å²) in [5, 5.41) is 4.40. The molecule has 0 radical (unpaired) electrons. The Balaban J connectivity index is 2.34. The van der Waals surface area contributed by atoms with E-state index in [4.69, 9.17) is 17.0 Å². The van der Waals surface area contributed by atoms with Crippen molar-refractivity contribution in [3.63, 3.8) is 0 Å². The average Bonchev–Trinajstić information content (AvgIpc) is 2.83. The highest BCUT2D eigenvalue weighted by molar-refractivity contribution is 7.71. The molecule has 1 aromatic carbocycles. The minimum Gasteiger partial charge on any atom is -0.468 e. The van der Waals surface area contributed by atoms with Crippen molar-refractivity contribution in [3.8, 4) is 5.75 Å². The quantitative estimate of drug-likeness (QED) is 0.730. The van der Waals surface area contributed by atoms with Gasteiger partial charge in [-0.25, -0.2) is 0 Å². The van der Waals surface area contributed by atoms with E-state index in [-0.39, 0.29) is 6.23 Å². The molecule has 0 spiro atoms.